The Morgan fingerprint density at radius 2 is 1.56 bits per heavy atom. The molecule has 182 valence electrons. The van der Waals surface area contributed by atoms with Crippen LogP contribution in [0.2, 0.25) is 0 Å². The summed E-state index contributed by atoms with van der Waals surface area (Å²) in [6.45, 7) is 15.9. The third kappa shape index (κ3) is 9.67. The predicted octanol–water partition coefficient (Wildman–Crippen LogP) is 9.08. The maximum absolute atomic E-state index is 6.37. The van der Waals surface area contributed by atoms with Crippen LogP contribution in [0.5, 0.6) is 0 Å². The Labute approximate surface area is 199 Å². The minimum atomic E-state index is 0.166. The summed E-state index contributed by atoms with van der Waals surface area (Å²) < 4.78 is 6.37. The molecule has 0 aromatic rings. The Morgan fingerprint density at radius 1 is 0.938 bits per heavy atom. The topological polar surface area (TPSA) is 21.6 Å². The van der Waals surface area contributed by atoms with Gasteiger partial charge in [-0.1, -0.05) is 71.6 Å². The molecular formula is C30H51NO. The molecule has 2 aliphatic carbocycles. The van der Waals surface area contributed by atoms with Crippen LogP contribution < -0.4 is 0 Å². The van der Waals surface area contributed by atoms with E-state index in [1.54, 1.807) is 0 Å². The van der Waals surface area contributed by atoms with E-state index in [0.29, 0.717) is 17.4 Å². The van der Waals surface area contributed by atoms with Gasteiger partial charge in [0, 0.05) is 17.8 Å². The highest BCUT2D eigenvalue weighted by molar-refractivity contribution is 5.84. The van der Waals surface area contributed by atoms with Gasteiger partial charge in [-0.05, 0) is 88.5 Å². The van der Waals surface area contributed by atoms with E-state index < -0.39 is 0 Å². The van der Waals surface area contributed by atoms with Gasteiger partial charge in [0.05, 0.1) is 6.10 Å². The fourth-order valence-electron chi connectivity index (χ4n) is 5.25. The molecule has 0 radical (unpaired) electrons. The van der Waals surface area contributed by atoms with E-state index in [4.69, 9.17) is 9.73 Å². The van der Waals surface area contributed by atoms with Crippen molar-refractivity contribution in [2.24, 2.45) is 28.2 Å². The molecule has 0 aromatic carbocycles. The molecule has 2 aliphatic rings. The van der Waals surface area contributed by atoms with E-state index >= 15 is 0 Å². The summed E-state index contributed by atoms with van der Waals surface area (Å²) in [5, 5.41) is 0. The molecule has 0 spiro atoms. The van der Waals surface area contributed by atoms with Gasteiger partial charge in [0.1, 0.15) is 5.76 Å². The van der Waals surface area contributed by atoms with Crippen molar-refractivity contribution >= 4 is 6.21 Å². The third-order valence-corrected chi connectivity index (χ3v) is 7.39. The van der Waals surface area contributed by atoms with Gasteiger partial charge in [-0.2, -0.15) is 0 Å². The summed E-state index contributed by atoms with van der Waals surface area (Å²) in [6, 6.07) is 0.450. The van der Waals surface area contributed by atoms with Gasteiger partial charge in [0.15, 0.2) is 0 Å². The van der Waals surface area contributed by atoms with Crippen molar-refractivity contribution in [3.05, 3.63) is 35.6 Å². The van der Waals surface area contributed by atoms with Gasteiger partial charge in [0.2, 0.25) is 0 Å². The molecule has 0 aromatic heterocycles. The van der Waals surface area contributed by atoms with Crippen molar-refractivity contribution in [1.29, 1.82) is 0 Å². The Bertz CT molecular complexity index is 643. The Hall–Kier alpha value is -1.31. The Balaban J connectivity index is 2.16. The molecule has 32 heavy (non-hydrogen) atoms. The van der Waals surface area contributed by atoms with E-state index in [9.17, 15) is 0 Å². The van der Waals surface area contributed by atoms with Gasteiger partial charge >= 0.3 is 0 Å². The number of aliphatic imine (C=N–C) groups is 1. The van der Waals surface area contributed by atoms with Gasteiger partial charge in [-0.3, -0.25) is 4.99 Å². The SMILES string of the molecule is C\C=C/C=C(C=NC1CCC(C(C)(C)C)CC1)\C(=C\C1CCCC(C)CCC1)OC(C)C. The minimum absolute atomic E-state index is 0.166. The summed E-state index contributed by atoms with van der Waals surface area (Å²) in [5.74, 6) is 3.36. The average molecular weight is 442 g/mol. The van der Waals surface area contributed by atoms with Crippen LogP contribution in [0.1, 0.15) is 113 Å². The molecule has 2 saturated carbocycles. The van der Waals surface area contributed by atoms with Crippen LogP contribution in [-0.2, 0) is 4.74 Å². The summed E-state index contributed by atoms with van der Waals surface area (Å²) in [7, 11) is 0. The first-order chi connectivity index (χ1) is 15.2. The highest BCUT2D eigenvalue weighted by atomic mass is 16.5. The smallest absolute Gasteiger partial charge is 0.124 e. The standard InChI is InChI=1S/C30H51NO/c1-8-9-16-26(22-31-28-19-17-27(18-20-28)30(5,6)7)29(32-23(2)3)21-25-14-10-12-24(4)13-11-15-25/h8-9,16,21-25,27-28H,10-15,17-20H2,1-7H3/b9-8-,26-16-,29-21-,31-22?. The van der Waals surface area contributed by atoms with Gasteiger partial charge < -0.3 is 4.74 Å². The lowest BCUT2D eigenvalue weighted by atomic mass is 9.71. The lowest BCUT2D eigenvalue weighted by molar-refractivity contribution is 0.153. The lowest BCUT2D eigenvalue weighted by Crippen LogP contribution is -2.27. The first kappa shape index (κ1) is 26.9. The van der Waals surface area contributed by atoms with E-state index in [-0.39, 0.29) is 6.10 Å². The van der Waals surface area contributed by atoms with Crippen molar-refractivity contribution in [1.82, 2.24) is 0 Å². The average Bonchev–Trinajstić information content (AvgIpc) is 2.71. The number of ether oxygens (including phenoxy) is 1. The van der Waals surface area contributed by atoms with Gasteiger partial charge in [0.25, 0.3) is 0 Å². The van der Waals surface area contributed by atoms with Crippen LogP contribution in [-0.4, -0.2) is 18.4 Å². The molecule has 0 N–H and O–H groups in total. The number of hydrogen-bond donors (Lipinski definition) is 0. The largest absolute Gasteiger partial charge is 0.491 e. The van der Waals surface area contributed by atoms with Gasteiger partial charge in [-0.15, -0.1) is 0 Å². The van der Waals surface area contributed by atoms with Crippen LogP contribution in [0, 0.1) is 23.2 Å². The molecule has 2 nitrogen and oxygen atoms in total. The van der Waals surface area contributed by atoms with Crippen molar-refractivity contribution < 1.29 is 4.74 Å². The molecule has 0 unspecified atom stereocenters. The van der Waals surface area contributed by atoms with E-state index in [0.717, 1.165) is 23.2 Å². The second-order valence-electron chi connectivity index (χ2n) is 11.7. The van der Waals surface area contributed by atoms with Crippen LogP contribution in [0.25, 0.3) is 0 Å². The number of hydrogen-bond acceptors (Lipinski definition) is 2. The van der Waals surface area contributed by atoms with E-state index in [1.807, 2.05) is 0 Å². The normalized spacial score (nSPS) is 29.5. The summed E-state index contributed by atoms with van der Waals surface area (Å²) in [6.07, 6.45) is 24.1. The second-order valence-corrected chi connectivity index (χ2v) is 11.7. The van der Waals surface area contributed by atoms with Crippen LogP contribution >= 0.6 is 0 Å². The molecule has 0 bridgehead atoms. The monoisotopic (exact) mass is 441 g/mol. The highest BCUT2D eigenvalue weighted by Crippen LogP contribution is 2.38. The van der Waals surface area contributed by atoms with E-state index in [2.05, 4.69) is 79.0 Å². The summed E-state index contributed by atoms with van der Waals surface area (Å²) in [5.41, 5.74) is 1.55. The molecule has 0 saturated heterocycles. The molecular weight excluding hydrogens is 390 g/mol. The van der Waals surface area contributed by atoms with Crippen molar-refractivity contribution in [3.8, 4) is 0 Å². The van der Waals surface area contributed by atoms with Crippen molar-refractivity contribution in [2.45, 2.75) is 125 Å². The molecule has 0 atom stereocenters. The lowest BCUT2D eigenvalue weighted by Gasteiger charge is -2.35. The quantitative estimate of drug-likeness (QED) is 0.219. The third-order valence-electron chi connectivity index (χ3n) is 7.39. The fourth-order valence-corrected chi connectivity index (χ4v) is 5.25. The molecule has 2 fully saturated rings. The van der Waals surface area contributed by atoms with Crippen LogP contribution in [0.3, 0.4) is 0 Å². The zero-order valence-electron chi connectivity index (χ0n) is 22.2. The first-order valence-corrected chi connectivity index (χ1v) is 13.4. The number of nitrogens with zero attached hydrogens (tertiary/aromatic N) is 1. The van der Waals surface area contributed by atoms with Crippen molar-refractivity contribution in [3.63, 3.8) is 0 Å². The first-order valence-electron chi connectivity index (χ1n) is 13.4. The maximum Gasteiger partial charge on any atom is 0.124 e. The zero-order valence-corrected chi connectivity index (χ0v) is 22.2. The second kappa shape index (κ2) is 13.4. The zero-order chi connectivity index (χ0) is 23.6. The highest BCUT2D eigenvalue weighted by Gasteiger charge is 2.29. The molecule has 0 heterocycles. The predicted molar refractivity (Wildman–Crippen MR) is 141 cm³/mol. The summed E-state index contributed by atoms with van der Waals surface area (Å²) >= 11 is 0. The van der Waals surface area contributed by atoms with Crippen LogP contribution in [0.15, 0.2) is 40.6 Å². The number of rotatable bonds is 7. The fraction of sp³-hybridized carbons (Fsp3) is 0.767. The van der Waals surface area contributed by atoms with Crippen LogP contribution in [0.4, 0.5) is 0 Å². The Morgan fingerprint density at radius 3 is 2.09 bits per heavy atom. The van der Waals surface area contributed by atoms with Crippen molar-refractivity contribution in [2.75, 3.05) is 0 Å². The molecule has 0 aliphatic heterocycles. The Kier molecular flexibility index (Phi) is 11.3. The molecule has 2 rings (SSSR count). The number of allylic oxidation sites excluding steroid dienone is 5. The summed E-state index contributed by atoms with van der Waals surface area (Å²) in [4.78, 5) is 5.07. The van der Waals surface area contributed by atoms with Gasteiger partial charge in [-0.25, -0.2) is 0 Å². The minimum Gasteiger partial charge on any atom is -0.491 e. The van der Waals surface area contributed by atoms with E-state index in [1.165, 1.54) is 64.2 Å². The molecule has 2 heteroatoms. The maximum atomic E-state index is 6.37. The molecule has 0 amide bonds.